The van der Waals surface area contributed by atoms with Gasteiger partial charge in [-0.05, 0) is 44.2 Å². The van der Waals surface area contributed by atoms with E-state index >= 15 is 0 Å². The van der Waals surface area contributed by atoms with Gasteiger partial charge in [0.15, 0.2) is 0 Å². The first-order chi connectivity index (χ1) is 21.0. The molecule has 2 N–H and O–H groups in total. The fourth-order valence-corrected chi connectivity index (χ4v) is 5.80. The lowest BCUT2D eigenvalue weighted by atomic mass is 9.97. The third kappa shape index (κ3) is 4.85. The van der Waals surface area contributed by atoms with E-state index in [-0.39, 0.29) is 5.91 Å². The predicted molar refractivity (Wildman–Crippen MR) is 171 cm³/mol. The third-order valence-electron chi connectivity index (χ3n) is 7.74. The van der Waals surface area contributed by atoms with Crippen molar-refractivity contribution in [2.45, 2.75) is 13.8 Å². The van der Waals surface area contributed by atoms with E-state index in [0.717, 1.165) is 22.7 Å². The van der Waals surface area contributed by atoms with Gasteiger partial charge in [-0.2, -0.15) is 10.4 Å². The molecule has 0 spiro atoms. The Bertz CT molecular complexity index is 2260. The second-order valence-corrected chi connectivity index (χ2v) is 12.7. The van der Waals surface area contributed by atoms with E-state index in [1.165, 1.54) is 11.4 Å². The first-order valence-electron chi connectivity index (χ1n) is 13.7. The van der Waals surface area contributed by atoms with Gasteiger partial charge in [0.1, 0.15) is 17.0 Å². The molecule has 0 fully saturated rings. The number of nitriles is 1. The van der Waals surface area contributed by atoms with Gasteiger partial charge in [-0.3, -0.25) is 9.10 Å². The second-order valence-electron chi connectivity index (χ2n) is 10.6. The highest BCUT2D eigenvalue weighted by Gasteiger charge is 2.27. The zero-order valence-electron chi connectivity index (χ0n) is 24.7. The van der Waals surface area contributed by atoms with Crippen LogP contribution < -0.4 is 9.62 Å². The quantitative estimate of drug-likeness (QED) is 0.239. The lowest BCUT2D eigenvalue weighted by Gasteiger charge is -2.21. The van der Waals surface area contributed by atoms with E-state index in [9.17, 15) is 18.5 Å². The number of aromatic nitrogens is 3. The van der Waals surface area contributed by atoms with Crippen molar-refractivity contribution in [3.63, 3.8) is 0 Å². The molecule has 10 nitrogen and oxygen atoms in total. The first-order valence-corrected chi connectivity index (χ1v) is 15.6. The molecule has 3 heterocycles. The molecule has 0 aliphatic carbocycles. The number of furan rings is 1. The molecule has 220 valence electrons. The number of fused-ring (bicyclic) bond motifs is 2. The van der Waals surface area contributed by atoms with Crippen molar-refractivity contribution in [1.82, 2.24) is 20.5 Å². The Kier molecular flexibility index (Phi) is 6.94. The normalized spacial score (nSPS) is 11.5. The lowest BCUT2D eigenvalue weighted by molar-refractivity contribution is 0.0964. The monoisotopic (exact) mass is 604 g/mol. The largest absolute Gasteiger partial charge is 0.455 e. The second kappa shape index (κ2) is 10.7. The number of rotatable bonds is 6. The average Bonchev–Trinajstić information content (AvgIpc) is 3.61. The van der Waals surface area contributed by atoms with E-state index in [2.05, 4.69) is 26.6 Å². The number of aromatic amines is 1. The number of hydrogen-bond donors (Lipinski definition) is 2. The molecule has 0 aliphatic rings. The fourth-order valence-electron chi connectivity index (χ4n) is 5.29. The van der Waals surface area contributed by atoms with Crippen LogP contribution in [-0.4, -0.2) is 49.9 Å². The molecule has 0 atom stereocenters. The Hall–Kier alpha value is -5.47. The summed E-state index contributed by atoms with van der Waals surface area (Å²) in [5.41, 5.74) is 6.94. The van der Waals surface area contributed by atoms with Crippen LogP contribution in [0.5, 0.6) is 0 Å². The van der Waals surface area contributed by atoms with Crippen LogP contribution in [0.2, 0.25) is 0 Å². The molecule has 0 saturated carbocycles. The number of aryl methyl sites for hydroxylation is 2. The highest BCUT2D eigenvalue weighted by atomic mass is 32.2. The van der Waals surface area contributed by atoms with Gasteiger partial charge >= 0.3 is 0 Å². The van der Waals surface area contributed by atoms with Gasteiger partial charge < -0.3 is 14.7 Å². The number of H-pyrrole nitrogens is 1. The minimum Gasteiger partial charge on any atom is -0.455 e. The zero-order valence-corrected chi connectivity index (χ0v) is 25.5. The molecule has 6 aromatic rings. The van der Waals surface area contributed by atoms with Crippen molar-refractivity contribution < 1.29 is 17.6 Å². The summed E-state index contributed by atoms with van der Waals surface area (Å²) in [6, 6.07) is 22.3. The van der Waals surface area contributed by atoms with Crippen molar-refractivity contribution in [3.05, 3.63) is 89.1 Å². The number of nitrogens with zero attached hydrogens (tertiary/aromatic N) is 4. The maximum absolute atomic E-state index is 13.3. The van der Waals surface area contributed by atoms with Crippen LogP contribution in [0.1, 0.15) is 27.2 Å². The van der Waals surface area contributed by atoms with Crippen molar-refractivity contribution in [2.24, 2.45) is 0 Å². The van der Waals surface area contributed by atoms with Crippen LogP contribution in [0.15, 0.2) is 71.1 Å². The number of hydrogen-bond acceptors (Lipinski definition) is 7. The minimum absolute atomic E-state index is 0.334. The summed E-state index contributed by atoms with van der Waals surface area (Å²) < 4.78 is 33.1. The number of nitrogens with one attached hydrogen (secondary N) is 2. The fraction of sp³-hybridized carbons (Fsp3) is 0.152. The number of carbonyl (C=O) groups is 1. The standard InChI is InChI=1S/C33H28N6O4S/c1-18-9-11-20(12-10-18)32-31(33(40)35-3)25-13-24(29(16-30(25)43-32)39(4)44(5,41)42)22-14-28(38-37-19(22)2)27-15-23-21(17-34)7-6-8-26(23)36-27/h6-16,36H,1-5H3,(H,35,40). The average molecular weight is 605 g/mol. The summed E-state index contributed by atoms with van der Waals surface area (Å²) in [6.45, 7) is 3.76. The van der Waals surface area contributed by atoms with Crippen LogP contribution in [0.3, 0.4) is 0 Å². The van der Waals surface area contributed by atoms with E-state index in [0.29, 0.717) is 67.3 Å². The Labute approximate surface area is 254 Å². The highest BCUT2D eigenvalue weighted by molar-refractivity contribution is 7.92. The summed E-state index contributed by atoms with van der Waals surface area (Å²) in [7, 11) is -0.679. The van der Waals surface area contributed by atoms with Gasteiger partial charge in [-0.25, -0.2) is 8.42 Å². The molecule has 44 heavy (non-hydrogen) atoms. The zero-order chi connectivity index (χ0) is 31.3. The Balaban J connectivity index is 1.63. The van der Waals surface area contributed by atoms with E-state index in [1.54, 1.807) is 38.2 Å². The molecule has 0 saturated heterocycles. The minimum atomic E-state index is -3.70. The SMILES string of the molecule is CNC(=O)c1c(-c2ccc(C)cc2)oc2cc(N(C)S(C)(=O)=O)c(-c3cc(-c4cc5c(C#N)cccc5[nH]4)nnc3C)cc12. The molecule has 0 unspecified atom stereocenters. The van der Waals surface area contributed by atoms with Gasteiger partial charge in [0.25, 0.3) is 5.91 Å². The summed E-state index contributed by atoms with van der Waals surface area (Å²) in [5.74, 6) is 0.0345. The van der Waals surface area contributed by atoms with E-state index in [4.69, 9.17) is 4.42 Å². The van der Waals surface area contributed by atoms with Gasteiger partial charge in [0.05, 0.1) is 40.5 Å². The van der Waals surface area contributed by atoms with Gasteiger partial charge in [-0.15, -0.1) is 5.10 Å². The molecular weight excluding hydrogens is 576 g/mol. The number of anilines is 1. The van der Waals surface area contributed by atoms with Crippen molar-refractivity contribution in [2.75, 3.05) is 24.7 Å². The topological polar surface area (TPSA) is 145 Å². The Morgan fingerprint density at radius 2 is 1.75 bits per heavy atom. The van der Waals surface area contributed by atoms with Crippen LogP contribution in [0.25, 0.3) is 55.7 Å². The van der Waals surface area contributed by atoms with Crippen molar-refractivity contribution in [1.29, 1.82) is 5.26 Å². The van der Waals surface area contributed by atoms with Crippen LogP contribution >= 0.6 is 0 Å². The molecule has 3 aromatic heterocycles. The van der Waals surface area contributed by atoms with Gasteiger partial charge in [-0.1, -0.05) is 35.9 Å². The number of amides is 1. The van der Waals surface area contributed by atoms with E-state index < -0.39 is 10.0 Å². The molecule has 0 radical (unpaired) electrons. The van der Waals surface area contributed by atoms with Crippen molar-refractivity contribution >= 4 is 43.5 Å². The third-order valence-corrected chi connectivity index (χ3v) is 8.93. The lowest BCUT2D eigenvalue weighted by Crippen LogP contribution is -2.25. The number of carbonyl (C=O) groups excluding carboxylic acids is 1. The van der Waals surface area contributed by atoms with Crippen LogP contribution in [-0.2, 0) is 10.0 Å². The highest BCUT2D eigenvalue weighted by Crippen LogP contribution is 2.42. The smallest absolute Gasteiger partial charge is 0.255 e. The first kappa shape index (κ1) is 28.6. The molecular formula is C33H28N6O4S. The van der Waals surface area contributed by atoms with Crippen molar-refractivity contribution in [3.8, 4) is 39.9 Å². The molecule has 0 aliphatic heterocycles. The van der Waals surface area contributed by atoms with Crippen LogP contribution in [0, 0.1) is 25.2 Å². The van der Waals surface area contributed by atoms with Gasteiger partial charge in [0, 0.05) is 53.1 Å². The summed E-state index contributed by atoms with van der Waals surface area (Å²) in [4.78, 5) is 16.6. The Morgan fingerprint density at radius 3 is 2.43 bits per heavy atom. The molecule has 1 amide bonds. The van der Waals surface area contributed by atoms with E-state index in [1.807, 2.05) is 49.4 Å². The maximum Gasteiger partial charge on any atom is 0.255 e. The molecule has 0 bridgehead atoms. The number of sulfonamides is 1. The molecule has 3 aromatic carbocycles. The molecule has 11 heteroatoms. The number of benzene rings is 3. The summed E-state index contributed by atoms with van der Waals surface area (Å²) >= 11 is 0. The molecule has 6 rings (SSSR count). The van der Waals surface area contributed by atoms with Crippen LogP contribution in [0.4, 0.5) is 5.69 Å². The maximum atomic E-state index is 13.3. The van der Waals surface area contributed by atoms with Gasteiger partial charge in [0.2, 0.25) is 10.0 Å². The summed E-state index contributed by atoms with van der Waals surface area (Å²) in [5, 5.41) is 22.4. The summed E-state index contributed by atoms with van der Waals surface area (Å²) in [6.07, 6.45) is 1.12. The predicted octanol–water partition coefficient (Wildman–Crippen LogP) is 5.95. The Morgan fingerprint density at radius 1 is 1.00 bits per heavy atom.